The van der Waals surface area contributed by atoms with Gasteiger partial charge in [-0.15, -0.1) is 0 Å². The summed E-state index contributed by atoms with van der Waals surface area (Å²) < 4.78 is 34.2. The van der Waals surface area contributed by atoms with E-state index in [1.54, 1.807) is 0 Å². The Bertz CT molecular complexity index is 1300. The van der Waals surface area contributed by atoms with Crippen molar-refractivity contribution in [2.75, 3.05) is 6.61 Å². The zero-order chi connectivity index (χ0) is 30.2. The summed E-state index contributed by atoms with van der Waals surface area (Å²) in [6.45, 7) is 14.5. The fourth-order valence-corrected chi connectivity index (χ4v) is 13.0. The summed E-state index contributed by atoms with van der Waals surface area (Å²) in [7, 11) is -2.83. The normalized spacial score (nSPS) is 25.4. The molecule has 0 aromatic heterocycles. The van der Waals surface area contributed by atoms with Gasteiger partial charge < -0.3 is 0 Å². The van der Waals surface area contributed by atoms with Crippen LogP contribution in [0.1, 0.15) is 48.5 Å². The number of ether oxygens (including phenoxy) is 4. The molecule has 2 heterocycles. The molecule has 42 heavy (non-hydrogen) atoms. The van der Waals surface area contributed by atoms with Crippen molar-refractivity contribution in [3.05, 3.63) is 91.0 Å². The summed E-state index contributed by atoms with van der Waals surface area (Å²) in [6, 6.07) is 31.0. The maximum absolute atomic E-state index is 13.8. The van der Waals surface area contributed by atoms with E-state index in [1.165, 1.54) is 10.4 Å². The van der Waals surface area contributed by atoms with Crippen molar-refractivity contribution in [2.24, 2.45) is 0 Å². The van der Waals surface area contributed by atoms with Crippen LogP contribution in [-0.4, -0.2) is 75.7 Å². The Hall–Kier alpha value is -1.86. The molecule has 0 unspecified atom stereocenters. The second-order valence-corrected chi connectivity index (χ2v) is 20.2. The van der Waals surface area contributed by atoms with Gasteiger partial charge in [0.25, 0.3) is 0 Å². The molecule has 0 amide bonds. The molecule has 3 aromatic carbocycles. The number of carbonyl (C=O) groups is 1. The second-order valence-electron chi connectivity index (χ2n) is 12.9. The molecule has 8 heteroatoms. The van der Waals surface area contributed by atoms with Gasteiger partial charge >= 0.3 is 262 Å². The monoisotopic (exact) mass is 704 g/mol. The van der Waals surface area contributed by atoms with E-state index in [0.717, 1.165) is 3.61 Å². The van der Waals surface area contributed by atoms with Crippen LogP contribution in [0.15, 0.2) is 91.0 Å². The van der Waals surface area contributed by atoms with E-state index in [9.17, 15) is 4.79 Å². The van der Waals surface area contributed by atoms with Gasteiger partial charge in [-0.1, -0.05) is 0 Å². The van der Waals surface area contributed by atoms with E-state index in [2.05, 4.69) is 69.3 Å². The van der Waals surface area contributed by atoms with Gasteiger partial charge in [-0.2, -0.15) is 0 Å². The Kier molecular flexibility index (Phi) is 9.21. The topological polar surface area (TPSA) is 63.2 Å². The first kappa shape index (κ1) is 31.6. The van der Waals surface area contributed by atoms with E-state index in [4.69, 9.17) is 23.4 Å². The molecule has 0 N–H and O–H groups in total. The van der Waals surface area contributed by atoms with E-state index in [1.807, 2.05) is 70.2 Å². The van der Waals surface area contributed by atoms with Crippen LogP contribution in [0, 0.1) is 0 Å². The molecule has 0 spiro atoms. The van der Waals surface area contributed by atoms with E-state index in [0.29, 0.717) is 0 Å². The predicted molar refractivity (Wildman–Crippen MR) is 168 cm³/mol. The Morgan fingerprint density at radius 3 is 1.74 bits per heavy atom. The zero-order valence-electron chi connectivity index (χ0n) is 25.5. The van der Waals surface area contributed by atoms with Gasteiger partial charge in [0.1, 0.15) is 0 Å². The first-order chi connectivity index (χ1) is 19.8. The summed E-state index contributed by atoms with van der Waals surface area (Å²) in [6.07, 6.45) is -2.39. The Balaban J connectivity index is 1.50. The van der Waals surface area contributed by atoms with Crippen LogP contribution in [-0.2, 0) is 28.2 Å². The van der Waals surface area contributed by atoms with Crippen molar-refractivity contribution in [1.82, 2.24) is 0 Å². The van der Waals surface area contributed by atoms with E-state index < -0.39 is 65.2 Å². The quantitative estimate of drug-likeness (QED) is 0.329. The molecule has 0 aliphatic carbocycles. The van der Waals surface area contributed by atoms with Gasteiger partial charge in [-0.25, -0.2) is 0 Å². The molecular weight excluding hydrogens is 660 g/mol. The summed E-state index contributed by atoms with van der Waals surface area (Å²) >= 11 is -1.17. The van der Waals surface area contributed by atoms with Crippen LogP contribution in [0.2, 0.25) is 5.04 Å². The molecular formula is C34H42O6SiTe. The summed E-state index contributed by atoms with van der Waals surface area (Å²) in [5, 5.41) is 2.20. The predicted octanol–water partition coefficient (Wildman–Crippen LogP) is 4.16. The molecule has 224 valence electrons. The number of hydrogen-bond acceptors (Lipinski definition) is 6. The van der Waals surface area contributed by atoms with Crippen molar-refractivity contribution < 1.29 is 28.2 Å². The summed E-state index contributed by atoms with van der Waals surface area (Å²) in [4.78, 5) is 13.8. The minimum atomic E-state index is -2.83. The van der Waals surface area contributed by atoms with Crippen LogP contribution in [0.4, 0.5) is 0 Å². The minimum absolute atomic E-state index is 0.0855. The first-order valence-corrected chi connectivity index (χ1v) is 18.8. The number of fused-ring (bicyclic) bond motifs is 1. The van der Waals surface area contributed by atoms with Crippen LogP contribution < -0.4 is 14.0 Å². The standard InChI is InChI=1S/C34H42O6SiTe/c1-32(2,3)41(24-17-11-8-12-18-24,25-19-13-9-14-20-25)36-23-27-28-29(39-33(4,5)37-27)30(40-34(6,7)38-28)31(35)42-26-21-15-10-16-22-26/h8-22,27-30H,23H2,1-7H3/t27-,28-,29+,30+/m1/s1. The van der Waals surface area contributed by atoms with E-state index in [-0.39, 0.29) is 15.5 Å². The maximum atomic E-state index is 13.8. The number of benzene rings is 3. The van der Waals surface area contributed by atoms with Crippen molar-refractivity contribution in [1.29, 1.82) is 0 Å². The van der Waals surface area contributed by atoms with Gasteiger partial charge in [-0.3, -0.25) is 0 Å². The average molecular weight is 702 g/mol. The van der Waals surface area contributed by atoms with Gasteiger partial charge in [-0.05, 0) is 0 Å². The third-order valence-electron chi connectivity index (χ3n) is 7.75. The Morgan fingerprint density at radius 2 is 1.21 bits per heavy atom. The molecule has 2 fully saturated rings. The van der Waals surface area contributed by atoms with Crippen molar-refractivity contribution in [2.45, 2.75) is 89.5 Å². The van der Waals surface area contributed by atoms with Gasteiger partial charge in [0, 0.05) is 0 Å². The number of carbonyl (C=O) groups excluding carboxylic acids is 1. The SMILES string of the molecule is CC1(C)O[C@H]2[C@H](OC(C)(C)O[C@@H]2CO[Si](c2ccccc2)(c2ccccc2)C(C)(C)C)[C@@H](C(=O)[Te]c2ccccc2)O1. The summed E-state index contributed by atoms with van der Waals surface area (Å²) in [5.74, 6) is -1.95. The molecule has 2 aliphatic rings. The second kappa shape index (κ2) is 12.3. The van der Waals surface area contributed by atoms with Crippen LogP contribution in [0.25, 0.3) is 0 Å². The molecule has 5 rings (SSSR count). The third kappa shape index (κ3) is 6.62. The van der Waals surface area contributed by atoms with Crippen LogP contribution in [0.3, 0.4) is 0 Å². The van der Waals surface area contributed by atoms with Gasteiger partial charge in [0.05, 0.1) is 0 Å². The molecule has 0 radical (unpaired) electrons. The first-order valence-electron chi connectivity index (χ1n) is 14.5. The fourth-order valence-electron chi connectivity index (χ4n) is 6.11. The van der Waals surface area contributed by atoms with Gasteiger partial charge in [0.2, 0.25) is 0 Å². The van der Waals surface area contributed by atoms with Crippen molar-refractivity contribution >= 4 is 47.1 Å². The Labute approximate surface area is 261 Å². The van der Waals surface area contributed by atoms with Crippen LogP contribution >= 0.6 is 0 Å². The number of rotatable bonds is 8. The zero-order valence-corrected chi connectivity index (χ0v) is 28.9. The molecule has 2 saturated heterocycles. The van der Waals surface area contributed by atoms with Crippen molar-refractivity contribution in [3.63, 3.8) is 0 Å². The molecule has 4 atom stereocenters. The molecule has 0 bridgehead atoms. The molecule has 3 aromatic rings. The van der Waals surface area contributed by atoms with Crippen molar-refractivity contribution in [3.8, 4) is 0 Å². The average Bonchev–Trinajstić information content (AvgIpc) is 2.94. The molecule has 6 nitrogen and oxygen atoms in total. The Morgan fingerprint density at radius 1 is 0.738 bits per heavy atom. The fraction of sp³-hybridized carbons (Fsp3) is 0.441. The van der Waals surface area contributed by atoms with E-state index >= 15 is 0 Å². The molecule has 2 aliphatic heterocycles. The molecule has 0 saturated carbocycles. The van der Waals surface area contributed by atoms with Crippen LogP contribution in [0.5, 0.6) is 0 Å². The van der Waals surface area contributed by atoms with Gasteiger partial charge in [0.15, 0.2) is 0 Å². The summed E-state index contributed by atoms with van der Waals surface area (Å²) in [5.41, 5.74) is 0. The number of hydrogen-bond donors (Lipinski definition) is 0. The third-order valence-corrected chi connectivity index (χ3v) is 15.4.